The second kappa shape index (κ2) is 8.98. The second-order valence-electron chi connectivity index (χ2n) is 8.07. The summed E-state index contributed by atoms with van der Waals surface area (Å²) in [6.45, 7) is 9.45. The van der Waals surface area contributed by atoms with Crippen molar-refractivity contribution in [3.63, 3.8) is 0 Å². The van der Waals surface area contributed by atoms with Gasteiger partial charge in [0.05, 0.1) is 12.2 Å². The topological polar surface area (TPSA) is 48.5 Å². The Balaban J connectivity index is 1.31. The van der Waals surface area contributed by atoms with Crippen LogP contribution in [0, 0.1) is 13.8 Å². The summed E-state index contributed by atoms with van der Waals surface area (Å²) >= 11 is 1.47. The zero-order valence-corrected chi connectivity index (χ0v) is 18.6. The third-order valence-corrected chi connectivity index (χ3v) is 6.30. The van der Waals surface area contributed by atoms with Crippen molar-refractivity contribution in [2.75, 3.05) is 36.4 Å². The quantitative estimate of drug-likeness (QED) is 0.657. The number of carbonyl (C=O) groups is 1. The van der Waals surface area contributed by atoms with Crippen LogP contribution in [-0.4, -0.2) is 48.0 Å². The number of anilines is 2. The van der Waals surface area contributed by atoms with Crippen molar-refractivity contribution in [1.29, 1.82) is 0 Å². The van der Waals surface area contributed by atoms with Crippen LogP contribution in [0.1, 0.15) is 18.1 Å². The summed E-state index contributed by atoms with van der Waals surface area (Å²) in [6, 6.07) is 17.3. The van der Waals surface area contributed by atoms with E-state index in [0.717, 1.165) is 30.9 Å². The zero-order chi connectivity index (χ0) is 21.1. The molecule has 156 valence electrons. The summed E-state index contributed by atoms with van der Waals surface area (Å²) in [5, 5.41) is 5.61. The molecule has 1 aromatic heterocycles. The van der Waals surface area contributed by atoms with E-state index in [1.807, 2.05) is 5.38 Å². The van der Waals surface area contributed by atoms with Crippen molar-refractivity contribution < 1.29 is 4.79 Å². The fraction of sp³-hybridized carbons (Fsp3) is 0.333. The van der Waals surface area contributed by atoms with Crippen LogP contribution in [0.3, 0.4) is 0 Å². The summed E-state index contributed by atoms with van der Waals surface area (Å²) in [6.07, 6.45) is 0. The third kappa shape index (κ3) is 4.89. The van der Waals surface area contributed by atoms with Gasteiger partial charge in [0.15, 0.2) is 5.13 Å². The van der Waals surface area contributed by atoms with Crippen LogP contribution in [0.4, 0.5) is 10.8 Å². The number of carbonyl (C=O) groups excluding carboxylic acids is 1. The van der Waals surface area contributed by atoms with E-state index in [0.29, 0.717) is 17.7 Å². The van der Waals surface area contributed by atoms with Crippen LogP contribution in [0.15, 0.2) is 53.9 Å². The molecule has 1 N–H and O–H groups in total. The minimum absolute atomic E-state index is 0.00390. The van der Waals surface area contributed by atoms with Gasteiger partial charge in [0.2, 0.25) is 5.91 Å². The smallest absolute Gasteiger partial charge is 0.240 e. The van der Waals surface area contributed by atoms with Gasteiger partial charge < -0.3 is 10.2 Å². The lowest BCUT2D eigenvalue weighted by Gasteiger charge is -2.41. The number of benzene rings is 2. The Morgan fingerprint density at radius 1 is 1.07 bits per heavy atom. The molecule has 3 aromatic rings. The molecule has 2 heterocycles. The number of thiazole rings is 1. The van der Waals surface area contributed by atoms with E-state index in [1.165, 1.54) is 28.2 Å². The van der Waals surface area contributed by atoms with Crippen molar-refractivity contribution in [3.8, 4) is 11.3 Å². The Hall–Kier alpha value is -2.70. The molecule has 30 heavy (non-hydrogen) atoms. The van der Waals surface area contributed by atoms with Crippen molar-refractivity contribution >= 4 is 28.1 Å². The predicted octanol–water partition coefficient (Wildman–Crippen LogP) is 4.58. The maximum Gasteiger partial charge on any atom is 0.240 e. The Morgan fingerprint density at radius 2 is 1.73 bits per heavy atom. The average molecular weight is 421 g/mol. The Kier molecular flexibility index (Phi) is 6.16. The summed E-state index contributed by atoms with van der Waals surface area (Å²) < 4.78 is 0. The van der Waals surface area contributed by atoms with Gasteiger partial charge in [-0.25, -0.2) is 4.98 Å². The van der Waals surface area contributed by atoms with Crippen LogP contribution in [-0.2, 0) is 4.79 Å². The SMILES string of the molecule is Cc1ccc(-c2csc(NC(=O)CN3CCN(c4ccc(C)cc4)C(C)C3)n2)cc1. The maximum atomic E-state index is 12.6. The van der Waals surface area contributed by atoms with Crippen LogP contribution < -0.4 is 10.2 Å². The van der Waals surface area contributed by atoms with E-state index in [-0.39, 0.29) is 5.91 Å². The molecule has 1 aliphatic rings. The molecule has 1 saturated heterocycles. The van der Waals surface area contributed by atoms with Gasteiger partial charge in [-0.1, -0.05) is 47.5 Å². The lowest BCUT2D eigenvalue weighted by atomic mass is 10.1. The number of hydrogen-bond acceptors (Lipinski definition) is 5. The fourth-order valence-corrected chi connectivity index (χ4v) is 4.58. The highest BCUT2D eigenvalue weighted by Gasteiger charge is 2.25. The van der Waals surface area contributed by atoms with Crippen molar-refractivity contribution in [2.24, 2.45) is 0 Å². The van der Waals surface area contributed by atoms with Gasteiger partial charge in [0, 0.05) is 42.3 Å². The monoisotopic (exact) mass is 420 g/mol. The molecule has 2 aromatic carbocycles. The predicted molar refractivity (Wildman–Crippen MR) is 125 cm³/mol. The molecule has 1 unspecified atom stereocenters. The molecule has 4 rings (SSSR count). The maximum absolute atomic E-state index is 12.6. The molecule has 5 nitrogen and oxygen atoms in total. The minimum atomic E-state index is -0.00390. The Labute approximate surface area is 182 Å². The summed E-state index contributed by atoms with van der Waals surface area (Å²) in [5.41, 5.74) is 5.71. The number of rotatable bonds is 5. The number of nitrogens with zero attached hydrogens (tertiary/aromatic N) is 3. The van der Waals surface area contributed by atoms with Crippen molar-refractivity contribution in [3.05, 3.63) is 65.0 Å². The molecule has 6 heteroatoms. The van der Waals surface area contributed by atoms with Crippen molar-refractivity contribution in [1.82, 2.24) is 9.88 Å². The first-order valence-electron chi connectivity index (χ1n) is 10.4. The van der Waals surface area contributed by atoms with Gasteiger partial charge in [-0.2, -0.15) is 0 Å². The van der Waals surface area contributed by atoms with Gasteiger partial charge >= 0.3 is 0 Å². The van der Waals surface area contributed by atoms with Gasteiger partial charge in [-0.05, 0) is 32.9 Å². The van der Waals surface area contributed by atoms with E-state index in [4.69, 9.17) is 0 Å². The minimum Gasteiger partial charge on any atom is -0.366 e. The molecule has 1 fully saturated rings. The first-order chi connectivity index (χ1) is 14.5. The van der Waals surface area contributed by atoms with Gasteiger partial charge in [0.1, 0.15) is 0 Å². The average Bonchev–Trinajstić information content (AvgIpc) is 3.18. The fourth-order valence-electron chi connectivity index (χ4n) is 3.85. The van der Waals surface area contributed by atoms with E-state index in [2.05, 4.69) is 89.4 Å². The summed E-state index contributed by atoms with van der Waals surface area (Å²) in [7, 11) is 0. The van der Waals surface area contributed by atoms with E-state index < -0.39 is 0 Å². The molecule has 1 aliphatic heterocycles. The summed E-state index contributed by atoms with van der Waals surface area (Å²) in [5.74, 6) is -0.00390. The summed E-state index contributed by atoms with van der Waals surface area (Å²) in [4.78, 5) is 21.8. The molecule has 0 saturated carbocycles. The largest absolute Gasteiger partial charge is 0.366 e. The lowest BCUT2D eigenvalue weighted by Crippen LogP contribution is -2.53. The van der Waals surface area contributed by atoms with E-state index in [9.17, 15) is 4.79 Å². The number of aryl methyl sites for hydroxylation is 2. The molecule has 0 spiro atoms. The number of hydrogen-bond donors (Lipinski definition) is 1. The number of piperazine rings is 1. The van der Waals surface area contributed by atoms with E-state index >= 15 is 0 Å². The molecule has 1 atom stereocenters. The lowest BCUT2D eigenvalue weighted by molar-refractivity contribution is -0.117. The van der Waals surface area contributed by atoms with Gasteiger partial charge in [0.25, 0.3) is 0 Å². The van der Waals surface area contributed by atoms with Crippen LogP contribution >= 0.6 is 11.3 Å². The number of aromatic nitrogens is 1. The highest BCUT2D eigenvalue weighted by Crippen LogP contribution is 2.25. The van der Waals surface area contributed by atoms with Crippen LogP contribution in [0.5, 0.6) is 0 Å². The van der Waals surface area contributed by atoms with Crippen LogP contribution in [0.25, 0.3) is 11.3 Å². The highest BCUT2D eigenvalue weighted by molar-refractivity contribution is 7.14. The van der Waals surface area contributed by atoms with Gasteiger partial charge in [-0.15, -0.1) is 11.3 Å². The van der Waals surface area contributed by atoms with Crippen LogP contribution in [0.2, 0.25) is 0 Å². The normalized spacial score (nSPS) is 17.2. The molecular formula is C24H28N4OS. The standard InChI is InChI=1S/C24H28N4OS/c1-17-4-8-20(9-5-17)22-16-30-24(25-22)26-23(29)15-27-12-13-28(19(3)14-27)21-10-6-18(2)7-11-21/h4-11,16,19H,12-15H2,1-3H3,(H,25,26,29). The first-order valence-corrected chi connectivity index (χ1v) is 11.2. The Morgan fingerprint density at radius 3 is 2.40 bits per heavy atom. The highest BCUT2D eigenvalue weighted by atomic mass is 32.1. The first kappa shape index (κ1) is 20.6. The Bertz CT molecular complexity index is 997. The zero-order valence-electron chi connectivity index (χ0n) is 17.8. The van der Waals surface area contributed by atoms with E-state index in [1.54, 1.807) is 0 Å². The third-order valence-electron chi connectivity index (χ3n) is 5.54. The van der Waals surface area contributed by atoms with Gasteiger partial charge in [-0.3, -0.25) is 9.69 Å². The molecule has 1 amide bonds. The molecule has 0 radical (unpaired) electrons. The van der Waals surface area contributed by atoms with Crippen molar-refractivity contribution in [2.45, 2.75) is 26.8 Å². The number of amides is 1. The second-order valence-corrected chi connectivity index (χ2v) is 8.92. The molecular weight excluding hydrogens is 392 g/mol. The molecule has 0 aliphatic carbocycles. The molecule has 0 bridgehead atoms. The number of nitrogens with one attached hydrogen (secondary N) is 1.